The van der Waals surface area contributed by atoms with Gasteiger partial charge in [0.15, 0.2) is 41.7 Å². The topological polar surface area (TPSA) is 220 Å². The van der Waals surface area contributed by atoms with Gasteiger partial charge in [0.2, 0.25) is 0 Å². The lowest BCUT2D eigenvalue weighted by Gasteiger charge is -2.28. The van der Waals surface area contributed by atoms with E-state index in [9.17, 15) is 24.1 Å². The van der Waals surface area contributed by atoms with E-state index < -0.39 is 87.4 Å². The first-order valence-electron chi connectivity index (χ1n) is 13.2. The SMILES string of the molecule is Nc1ncnc2c1ncn2[C@@H]1O[C@@H]2COP(O)(=S)O[C@@H]3[C@H](O)[C@@H](COP(O)(=S)O[C@H]2[C@H]1F)O[C@H]3n1cc(F)c2c1N=CCC2=O. The highest BCUT2D eigenvalue weighted by molar-refractivity contribution is 8.07. The standard InChI is InChI=1S/C22H23F2N7O10P2S2/c23-8-3-30(19-12(8)9(32)1-2-26-19)22-17-15(33)10(38-22)4-36-42(34,44)40-16-11(5-37-43(35,45)41-17)39-21(13(16)24)31-7-29-14-18(25)27-6-28-20(14)31/h2-3,6-7,10-11,13,15-17,21-22,33H,1,4-5H2,(H,34,44)(H,35,45)(H2,25,27,28)/t10-,11-,13-,15-,16-,17-,21-,22-,42?,43?/m1/s1. The highest BCUT2D eigenvalue weighted by atomic mass is 32.5. The number of aliphatic hydroxyl groups excluding tert-OH is 1. The molecule has 0 saturated carbocycles. The maximum absolute atomic E-state index is 16.0. The number of nitrogen functional groups attached to an aromatic ring is 1. The summed E-state index contributed by atoms with van der Waals surface area (Å²) in [6.45, 7) is -9.85. The minimum Gasteiger partial charge on any atom is -0.387 e. The number of aliphatic hydroxyl groups is 1. The second-order valence-corrected chi connectivity index (χ2v) is 15.9. The van der Waals surface area contributed by atoms with Crippen molar-refractivity contribution < 1.29 is 56.0 Å². The second kappa shape index (κ2) is 11.5. The molecule has 0 radical (unpaired) electrons. The first-order chi connectivity index (χ1) is 21.3. The predicted octanol–water partition coefficient (Wildman–Crippen LogP) is 1.08. The number of halogens is 2. The molecule has 0 aliphatic carbocycles. The number of imidazole rings is 1. The molecule has 0 amide bonds. The largest absolute Gasteiger partial charge is 0.387 e. The molecule has 242 valence electrons. The van der Waals surface area contributed by atoms with E-state index in [1.54, 1.807) is 0 Å². The third-order valence-electron chi connectivity index (χ3n) is 7.56. The number of aromatic nitrogens is 5. The third-order valence-corrected chi connectivity index (χ3v) is 10.7. The summed E-state index contributed by atoms with van der Waals surface area (Å²) in [4.78, 5) is 50.5. The Morgan fingerprint density at radius 1 is 1.00 bits per heavy atom. The van der Waals surface area contributed by atoms with Crippen molar-refractivity contribution >= 4 is 71.8 Å². The van der Waals surface area contributed by atoms with E-state index in [0.717, 1.165) is 17.1 Å². The maximum Gasteiger partial charge on any atom is 0.325 e. The molecule has 45 heavy (non-hydrogen) atoms. The minimum atomic E-state index is -4.31. The fourth-order valence-corrected chi connectivity index (χ4v) is 8.37. The maximum atomic E-state index is 16.0. The van der Waals surface area contributed by atoms with E-state index in [0.29, 0.717) is 0 Å². The van der Waals surface area contributed by atoms with Gasteiger partial charge in [-0.15, -0.1) is 0 Å². The molecule has 17 nitrogen and oxygen atoms in total. The minimum absolute atomic E-state index is 0.0468. The van der Waals surface area contributed by atoms with Gasteiger partial charge in [0.05, 0.1) is 25.1 Å². The molecule has 2 bridgehead atoms. The van der Waals surface area contributed by atoms with Crippen LogP contribution >= 0.6 is 13.4 Å². The number of nitrogens with zero attached hydrogens (tertiary/aromatic N) is 6. The van der Waals surface area contributed by atoms with E-state index in [2.05, 4.69) is 19.9 Å². The average Bonchev–Trinajstić information content (AvgIpc) is 3.71. The molecule has 10 atom stereocenters. The Kier molecular flexibility index (Phi) is 8.00. The van der Waals surface area contributed by atoms with Crippen molar-refractivity contribution in [1.82, 2.24) is 24.1 Å². The van der Waals surface area contributed by atoms with Gasteiger partial charge in [-0.3, -0.25) is 18.4 Å². The highest BCUT2D eigenvalue weighted by Gasteiger charge is 2.53. The second-order valence-electron chi connectivity index (χ2n) is 10.3. The Morgan fingerprint density at radius 2 is 1.69 bits per heavy atom. The molecular weight excluding hydrogens is 686 g/mol. The zero-order valence-corrected chi connectivity index (χ0v) is 25.9. The molecule has 4 aliphatic rings. The number of nitrogens with two attached hydrogens (primary N) is 1. The van der Waals surface area contributed by atoms with Crippen molar-refractivity contribution in [2.45, 2.75) is 55.6 Å². The van der Waals surface area contributed by atoms with Crippen LogP contribution in [0.4, 0.5) is 20.4 Å². The van der Waals surface area contributed by atoms with Gasteiger partial charge in [-0.1, -0.05) is 0 Å². The number of ketones is 1. The van der Waals surface area contributed by atoms with Crippen LogP contribution in [0.25, 0.3) is 11.2 Å². The quantitative estimate of drug-likeness (QED) is 0.274. The van der Waals surface area contributed by atoms with Crippen molar-refractivity contribution in [2.24, 2.45) is 4.99 Å². The van der Waals surface area contributed by atoms with E-state index >= 15 is 4.39 Å². The molecule has 3 fully saturated rings. The molecule has 3 aromatic heterocycles. The van der Waals surface area contributed by atoms with Gasteiger partial charge in [0, 0.05) is 18.8 Å². The van der Waals surface area contributed by atoms with Crippen LogP contribution in [0.5, 0.6) is 0 Å². The van der Waals surface area contributed by atoms with Gasteiger partial charge < -0.3 is 43.7 Å². The molecule has 0 aromatic carbocycles. The van der Waals surface area contributed by atoms with Gasteiger partial charge in [-0.05, 0) is 23.6 Å². The van der Waals surface area contributed by atoms with Crippen molar-refractivity contribution in [2.75, 3.05) is 18.9 Å². The Labute approximate surface area is 261 Å². The van der Waals surface area contributed by atoms with Crippen molar-refractivity contribution in [3.63, 3.8) is 0 Å². The highest BCUT2D eigenvalue weighted by Crippen LogP contribution is 2.54. The fraction of sp³-hybridized carbons (Fsp3) is 0.500. The van der Waals surface area contributed by atoms with Gasteiger partial charge in [-0.25, -0.2) is 28.7 Å². The average molecular weight is 710 g/mol. The van der Waals surface area contributed by atoms with Gasteiger partial charge >= 0.3 is 13.4 Å². The number of rotatable bonds is 2. The molecule has 7 heterocycles. The Morgan fingerprint density at radius 3 is 2.44 bits per heavy atom. The molecule has 2 unspecified atom stereocenters. The number of carbonyl (C=O) groups excluding carboxylic acids is 1. The Balaban J connectivity index is 1.20. The Hall–Kier alpha value is -2.23. The van der Waals surface area contributed by atoms with E-state index in [1.807, 2.05) is 0 Å². The summed E-state index contributed by atoms with van der Waals surface area (Å²) in [7, 11) is 0. The first-order valence-corrected chi connectivity index (χ1v) is 18.4. The number of hydrogen-bond donors (Lipinski definition) is 4. The number of anilines is 1. The lowest BCUT2D eigenvalue weighted by Crippen LogP contribution is -2.35. The molecule has 23 heteroatoms. The molecule has 3 saturated heterocycles. The van der Waals surface area contributed by atoms with E-state index in [1.165, 1.54) is 17.1 Å². The van der Waals surface area contributed by atoms with Crippen LogP contribution in [-0.2, 0) is 51.2 Å². The van der Waals surface area contributed by atoms with E-state index in [-0.39, 0.29) is 34.8 Å². The number of alkyl halides is 1. The number of ether oxygens (including phenoxy) is 2. The van der Waals surface area contributed by atoms with Gasteiger partial charge in [-0.2, -0.15) is 0 Å². The van der Waals surface area contributed by atoms with Crippen molar-refractivity contribution in [1.29, 1.82) is 0 Å². The summed E-state index contributed by atoms with van der Waals surface area (Å²) in [6.07, 6.45) is -7.82. The summed E-state index contributed by atoms with van der Waals surface area (Å²) < 4.78 is 67.1. The lowest BCUT2D eigenvalue weighted by atomic mass is 10.1. The lowest BCUT2D eigenvalue weighted by molar-refractivity contribution is -0.0607. The van der Waals surface area contributed by atoms with Crippen LogP contribution in [0.2, 0.25) is 0 Å². The molecule has 5 N–H and O–H groups in total. The molecule has 4 aliphatic heterocycles. The number of aliphatic imine (C=N–C) groups is 1. The van der Waals surface area contributed by atoms with Crippen LogP contribution in [0.1, 0.15) is 29.2 Å². The summed E-state index contributed by atoms with van der Waals surface area (Å²) in [5.41, 5.74) is 5.88. The van der Waals surface area contributed by atoms with E-state index in [4.69, 9.17) is 56.9 Å². The van der Waals surface area contributed by atoms with Crippen molar-refractivity contribution in [3.8, 4) is 0 Å². The van der Waals surface area contributed by atoms with Gasteiger partial charge in [0.25, 0.3) is 0 Å². The first kappa shape index (κ1) is 31.4. The number of carbonyl (C=O) groups is 1. The predicted molar refractivity (Wildman–Crippen MR) is 155 cm³/mol. The zero-order valence-electron chi connectivity index (χ0n) is 22.5. The third kappa shape index (κ3) is 5.58. The van der Waals surface area contributed by atoms with Crippen LogP contribution in [-0.4, -0.2) is 101 Å². The summed E-state index contributed by atoms with van der Waals surface area (Å²) in [5, 5.41) is 11.1. The number of Topliss-reactive ketones (excluding diaryl/α,β-unsaturated/α-hetero) is 1. The zero-order chi connectivity index (χ0) is 31.8. The van der Waals surface area contributed by atoms with Crippen LogP contribution in [0.3, 0.4) is 0 Å². The molecule has 0 spiro atoms. The number of hydrogen-bond acceptors (Lipinski definition) is 15. The van der Waals surface area contributed by atoms with Crippen LogP contribution in [0, 0.1) is 5.82 Å². The Bertz CT molecular complexity index is 1810. The normalized spacial score (nSPS) is 38.8. The number of fused-ring (bicyclic) bond motifs is 5. The molecular formula is C22H23F2N7O10P2S2. The summed E-state index contributed by atoms with van der Waals surface area (Å²) in [6, 6.07) is 0. The molecule has 7 rings (SSSR count). The molecule has 3 aromatic rings. The van der Waals surface area contributed by atoms with Crippen LogP contribution < -0.4 is 5.73 Å². The van der Waals surface area contributed by atoms with Gasteiger partial charge in [0.1, 0.15) is 48.2 Å². The van der Waals surface area contributed by atoms with Crippen LogP contribution in [0.15, 0.2) is 23.8 Å². The smallest absolute Gasteiger partial charge is 0.325 e. The summed E-state index contributed by atoms with van der Waals surface area (Å²) >= 11 is 10.3. The summed E-state index contributed by atoms with van der Waals surface area (Å²) in [5.74, 6) is -1.48. The monoisotopic (exact) mass is 709 g/mol. The van der Waals surface area contributed by atoms with Crippen molar-refractivity contribution in [3.05, 3.63) is 30.2 Å². The fourth-order valence-electron chi connectivity index (χ4n) is 5.52.